The van der Waals surface area contributed by atoms with E-state index < -0.39 is 10.8 Å². The van der Waals surface area contributed by atoms with Gasteiger partial charge in [-0.05, 0) is 25.0 Å². The monoisotopic (exact) mass is 440 g/mol. The highest BCUT2D eigenvalue weighted by Gasteiger charge is 2.48. The van der Waals surface area contributed by atoms with Crippen molar-refractivity contribution in [3.8, 4) is 0 Å². The molecule has 4 rings (SSSR count). The maximum atomic E-state index is 13.0. The van der Waals surface area contributed by atoms with Crippen molar-refractivity contribution in [2.75, 3.05) is 0 Å². The van der Waals surface area contributed by atoms with Crippen molar-refractivity contribution in [1.29, 1.82) is 0 Å². The van der Waals surface area contributed by atoms with Crippen LogP contribution in [0.25, 0.3) is 0 Å². The predicted molar refractivity (Wildman–Crippen MR) is 91.7 cm³/mol. The van der Waals surface area contributed by atoms with Crippen LogP contribution in [0, 0.1) is 0 Å². The Morgan fingerprint density at radius 1 is 0.864 bits per heavy atom. The minimum atomic E-state index is -1.50. The van der Waals surface area contributed by atoms with E-state index in [-0.39, 0.29) is 16.5 Å². The second kappa shape index (κ2) is 4.58. The Hall–Kier alpha value is -0.850. The van der Waals surface area contributed by atoms with Crippen LogP contribution in [0.5, 0.6) is 0 Å². The van der Waals surface area contributed by atoms with Gasteiger partial charge in [-0.2, -0.15) is 0 Å². The van der Waals surface area contributed by atoms with Crippen LogP contribution < -0.4 is 0 Å². The van der Waals surface area contributed by atoms with Crippen molar-refractivity contribution >= 4 is 54.2 Å². The number of halogens is 2. The molecule has 0 saturated heterocycles. The smallest absolute Gasteiger partial charge is 0.200 e. The van der Waals surface area contributed by atoms with Gasteiger partial charge >= 0.3 is 0 Å². The SMILES string of the molecule is CC1=C(C)S(=O)C2=C1C(=O)C1=C(CC3=C(Br)CC(Br)=C31)C2=O. The van der Waals surface area contributed by atoms with Crippen molar-refractivity contribution in [3.63, 3.8) is 0 Å². The molecule has 0 aromatic heterocycles. The molecule has 0 aromatic carbocycles. The van der Waals surface area contributed by atoms with Gasteiger partial charge in [0.15, 0.2) is 11.6 Å². The Balaban J connectivity index is 1.97. The number of allylic oxidation sites excluding steroid dienone is 10. The third-order valence-electron chi connectivity index (χ3n) is 4.64. The van der Waals surface area contributed by atoms with E-state index in [4.69, 9.17) is 0 Å². The molecule has 4 aliphatic rings. The van der Waals surface area contributed by atoms with Crippen LogP contribution in [0.3, 0.4) is 0 Å². The van der Waals surface area contributed by atoms with E-state index >= 15 is 0 Å². The van der Waals surface area contributed by atoms with Crippen LogP contribution in [0.2, 0.25) is 0 Å². The number of carbonyl (C=O) groups is 2. The zero-order valence-electron chi connectivity index (χ0n) is 11.8. The fourth-order valence-electron chi connectivity index (χ4n) is 3.43. The molecule has 22 heavy (non-hydrogen) atoms. The fourth-order valence-corrected chi connectivity index (χ4v) is 6.55. The van der Waals surface area contributed by atoms with E-state index in [1.807, 2.05) is 0 Å². The Kier molecular flexibility index (Phi) is 3.07. The lowest BCUT2D eigenvalue weighted by Crippen LogP contribution is -2.22. The molecular weight excluding hydrogens is 432 g/mol. The number of hydrogen-bond donors (Lipinski definition) is 0. The van der Waals surface area contributed by atoms with Gasteiger partial charge in [-0.3, -0.25) is 9.59 Å². The van der Waals surface area contributed by atoms with E-state index in [0.29, 0.717) is 40.0 Å². The van der Waals surface area contributed by atoms with Crippen LogP contribution >= 0.6 is 31.9 Å². The van der Waals surface area contributed by atoms with Gasteiger partial charge in [0.2, 0.25) is 0 Å². The van der Waals surface area contributed by atoms with Crippen LogP contribution in [-0.2, 0) is 20.4 Å². The van der Waals surface area contributed by atoms with E-state index in [1.54, 1.807) is 13.8 Å². The molecule has 0 spiro atoms. The van der Waals surface area contributed by atoms with E-state index in [1.165, 1.54) is 0 Å². The summed E-state index contributed by atoms with van der Waals surface area (Å²) in [6.07, 6.45) is 1.16. The van der Waals surface area contributed by atoms with E-state index in [9.17, 15) is 13.8 Å². The molecular formula is C16H10Br2O3S. The fraction of sp³-hybridized carbons (Fsp3) is 0.250. The molecule has 112 valence electrons. The molecule has 0 aromatic rings. The average Bonchev–Trinajstić information content (AvgIpc) is 3.06. The summed E-state index contributed by atoms with van der Waals surface area (Å²) in [6.45, 7) is 3.49. The van der Waals surface area contributed by atoms with Gasteiger partial charge in [0.1, 0.15) is 4.91 Å². The minimum absolute atomic E-state index is 0.156. The summed E-state index contributed by atoms with van der Waals surface area (Å²) in [6, 6.07) is 0. The van der Waals surface area contributed by atoms with Crippen LogP contribution in [0.15, 0.2) is 52.2 Å². The van der Waals surface area contributed by atoms with Gasteiger partial charge in [-0.25, -0.2) is 4.21 Å². The number of rotatable bonds is 0. The van der Waals surface area contributed by atoms with Gasteiger partial charge < -0.3 is 0 Å². The molecule has 0 amide bonds. The van der Waals surface area contributed by atoms with Crippen LogP contribution in [0.1, 0.15) is 26.7 Å². The lowest BCUT2D eigenvalue weighted by molar-refractivity contribution is -0.115. The first-order valence-corrected chi connectivity index (χ1v) is 9.51. The Morgan fingerprint density at radius 2 is 1.55 bits per heavy atom. The third-order valence-corrected chi connectivity index (χ3v) is 7.70. The molecule has 0 saturated carbocycles. The number of carbonyl (C=O) groups excluding carboxylic acids is 2. The summed E-state index contributed by atoms with van der Waals surface area (Å²) in [7, 11) is -1.50. The van der Waals surface area contributed by atoms with Gasteiger partial charge in [0, 0.05) is 49.0 Å². The summed E-state index contributed by atoms with van der Waals surface area (Å²) in [5, 5.41) is 0. The lowest BCUT2D eigenvalue weighted by Gasteiger charge is -2.16. The lowest BCUT2D eigenvalue weighted by atomic mass is 9.86. The van der Waals surface area contributed by atoms with E-state index in [0.717, 1.165) is 20.1 Å². The normalized spacial score (nSPS) is 27.5. The zero-order valence-corrected chi connectivity index (χ0v) is 15.8. The zero-order chi connectivity index (χ0) is 15.9. The summed E-state index contributed by atoms with van der Waals surface area (Å²) in [5.41, 5.74) is 3.91. The summed E-state index contributed by atoms with van der Waals surface area (Å²) in [5.74, 6) is -0.384. The molecule has 3 aliphatic carbocycles. The Bertz CT molecular complexity index is 910. The molecule has 6 heteroatoms. The van der Waals surface area contributed by atoms with Gasteiger partial charge in [-0.1, -0.05) is 31.9 Å². The highest BCUT2D eigenvalue weighted by Crippen LogP contribution is 2.54. The molecule has 0 bridgehead atoms. The largest absolute Gasteiger partial charge is 0.289 e. The summed E-state index contributed by atoms with van der Waals surface area (Å²) >= 11 is 7.06. The van der Waals surface area contributed by atoms with Crippen molar-refractivity contribution in [2.24, 2.45) is 0 Å². The number of ketones is 2. The Labute approximate surface area is 146 Å². The highest BCUT2D eigenvalue weighted by atomic mass is 79.9. The second-order valence-corrected chi connectivity index (χ2v) is 9.16. The first-order chi connectivity index (χ1) is 10.3. The maximum absolute atomic E-state index is 13.0. The number of Topliss-reactive ketones (excluding diaryl/α,β-unsaturated/α-hetero) is 2. The molecule has 1 atom stereocenters. The summed E-state index contributed by atoms with van der Waals surface area (Å²) in [4.78, 5) is 26.6. The first kappa shape index (κ1) is 14.7. The standard InChI is InChI=1S/C16H10Br2O3S/c1-5-6(2)22(21)16-11(5)15(20)13-8(14(16)19)3-7-9(17)4-10(18)12(7)13/h3-4H2,1-2H3. The van der Waals surface area contributed by atoms with Gasteiger partial charge in [-0.15, -0.1) is 0 Å². The molecule has 1 aliphatic heterocycles. The first-order valence-electron chi connectivity index (χ1n) is 6.78. The van der Waals surface area contributed by atoms with Gasteiger partial charge in [0.05, 0.1) is 10.8 Å². The van der Waals surface area contributed by atoms with Crippen molar-refractivity contribution < 1.29 is 13.8 Å². The number of fused-ring (bicyclic) bond motifs is 2. The number of hydrogen-bond acceptors (Lipinski definition) is 3. The molecule has 1 unspecified atom stereocenters. The van der Waals surface area contributed by atoms with Crippen LogP contribution in [0.4, 0.5) is 0 Å². The van der Waals surface area contributed by atoms with Crippen molar-refractivity contribution in [1.82, 2.24) is 0 Å². The molecule has 3 nitrogen and oxygen atoms in total. The third kappa shape index (κ3) is 1.58. The van der Waals surface area contributed by atoms with Crippen molar-refractivity contribution in [3.05, 3.63) is 52.2 Å². The van der Waals surface area contributed by atoms with Crippen molar-refractivity contribution in [2.45, 2.75) is 26.7 Å². The second-order valence-electron chi connectivity index (χ2n) is 5.68. The quantitative estimate of drug-likeness (QED) is 0.536. The highest BCUT2D eigenvalue weighted by molar-refractivity contribution is 9.12. The summed E-state index contributed by atoms with van der Waals surface area (Å²) < 4.78 is 14.4. The van der Waals surface area contributed by atoms with E-state index in [2.05, 4.69) is 31.9 Å². The topological polar surface area (TPSA) is 51.2 Å². The molecule has 0 fully saturated rings. The minimum Gasteiger partial charge on any atom is -0.289 e. The Morgan fingerprint density at radius 3 is 2.23 bits per heavy atom. The molecule has 0 radical (unpaired) electrons. The predicted octanol–water partition coefficient (Wildman–Crippen LogP) is 3.85. The average molecular weight is 442 g/mol. The van der Waals surface area contributed by atoms with Gasteiger partial charge in [0.25, 0.3) is 0 Å². The van der Waals surface area contributed by atoms with Crippen LogP contribution in [-0.4, -0.2) is 15.8 Å². The molecule has 0 N–H and O–H groups in total. The molecule has 1 heterocycles. The maximum Gasteiger partial charge on any atom is 0.200 e.